The van der Waals surface area contributed by atoms with E-state index in [1.54, 1.807) is 4.90 Å². The first-order valence-electron chi connectivity index (χ1n) is 8.88. The lowest BCUT2D eigenvalue weighted by Gasteiger charge is -2.36. The van der Waals surface area contributed by atoms with Gasteiger partial charge in [0.1, 0.15) is 23.0 Å². The quantitative estimate of drug-likeness (QED) is 0.696. The fourth-order valence-corrected chi connectivity index (χ4v) is 3.56. The molecule has 3 aromatic rings. The maximum atomic E-state index is 14.0. The van der Waals surface area contributed by atoms with Gasteiger partial charge in [-0.3, -0.25) is 9.20 Å². The molecule has 2 aromatic heterocycles. The summed E-state index contributed by atoms with van der Waals surface area (Å²) in [6.07, 6.45) is 1.91. The summed E-state index contributed by atoms with van der Waals surface area (Å²) in [5.41, 5.74) is 3.41. The highest BCUT2D eigenvalue weighted by Gasteiger charge is 2.27. The molecule has 0 bridgehead atoms. The Hall–Kier alpha value is -2.96. The molecule has 27 heavy (non-hydrogen) atoms. The van der Waals surface area contributed by atoms with E-state index in [4.69, 9.17) is 0 Å². The number of hydrogen-bond donors (Lipinski definition) is 0. The Morgan fingerprint density at radius 2 is 1.78 bits per heavy atom. The summed E-state index contributed by atoms with van der Waals surface area (Å²) >= 11 is 0. The minimum Gasteiger partial charge on any atom is -0.366 e. The zero-order valence-corrected chi connectivity index (χ0v) is 15.2. The number of imidazole rings is 1. The number of aromatic nitrogens is 2. The third-order valence-corrected chi connectivity index (χ3v) is 4.96. The van der Waals surface area contributed by atoms with Crippen LogP contribution in [-0.4, -0.2) is 46.4 Å². The normalized spacial score (nSPS) is 14.8. The maximum Gasteiger partial charge on any atom is 0.272 e. The summed E-state index contributed by atoms with van der Waals surface area (Å²) in [7, 11) is 0. The van der Waals surface area contributed by atoms with E-state index < -0.39 is 11.6 Å². The Kier molecular flexibility index (Phi) is 4.30. The van der Waals surface area contributed by atoms with Crippen LogP contribution < -0.4 is 4.90 Å². The molecule has 7 heteroatoms. The molecule has 0 saturated carbocycles. The monoisotopic (exact) mass is 370 g/mol. The molecule has 1 aliphatic heterocycles. The number of carbonyl (C=O) groups is 1. The van der Waals surface area contributed by atoms with E-state index in [1.165, 1.54) is 12.1 Å². The molecule has 1 amide bonds. The van der Waals surface area contributed by atoms with Crippen LogP contribution in [0, 0.1) is 25.5 Å². The SMILES string of the molecule is Cc1ccc2nc(C)c(C(=O)N3CCN(c4ccc(F)cc4F)CC3)n2c1. The highest BCUT2D eigenvalue weighted by molar-refractivity contribution is 5.95. The Labute approximate surface area is 155 Å². The van der Waals surface area contributed by atoms with Gasteiger partial charge < -0.3 is 9.80 Å². The number of nitrogens with zero attached hydrogens (tertiary/aromatic N) is 4. The Bertz CT molecular complexity index is 1020. The second kappa shape index (κ2) is 6.64. The zero-order valence-electron chi connectivity index (χ0n) is 15.2. The van der Waals surface area contributed by atoms with Crippen molar-refractivity contribution >= 4 is 17.2 Å². The van der Waals surface area contributed by atoms with E-state index >= 15 is 0 Å². The van der Waals surface area contributed by atoms with Crippen LogP contribution in [0.25, 0.3) is 5.65 Å². The molecule has 140 valence electrons. The number of piperazine rings is 1. The number of benzene rings is 1. The maximum absolute atomic E-state index is 14.0. The number of rotatable bonds is 2. The molecule has 5 nitrogen and oxygen atoms in total. The van der Waals surface area contributed by atoms with Gasteiger partial charge in [-0.25, -0.2) is 13.8 Å². The average Bonchev–Trinajstić information content (AvgIpc) is 2.96. The molecule has 0 unspecified atom stereocenters. The standard InChI is InChI=1S/C20H20F2N4O/c1-13-3-6-18-23-14(2)19(26(18)12-13)20(27)25-9-7-24(8-10-25)17-5-4-15(21)11-16(17)22/h3-6,11-12H,7-10H2,1-2H3. The van der Waals surface area contributed by atoms with Crippen LogP contribution in [0.2, 0.25) is 0 Å². The molecule has 0 spiro atoms. The van der Waals surface area contributed by atoms with Gasteiger partial charge in [-0.05, 0) is 37.6 Å². The average molecular weight is 370 g/mol. The smallest absolute Gasteiger partial charge is 0.272 e. The Morgan fingerprint density at radius 3 is 2.48 bits per heavy atom. The number of halogens is 2. The summed E-state index contributed by atoms with van der Waals surface area (Å²) in [5, 5.41) is 0. The molecule has 0 N–H and O–H groups in total. The number of pyridine rings is 1. The largest absolute Gasteiger partial charge is 0.366 e. The number of carbonyl (C=O) groups excluding carboxylic acids is 1. The van der Waals surface area contributed by atoms with Gasteiger partial charge in [-0.2, -0.15) is 0 Å². The lowest BCUT2D eigenvalue weighted by Crippen LogP contribution is -2.49. The summed E-state index contributed by atoms with van der Waals surface area (Å²) in [6, 6.07) is 7.44. The van der Waals surface area contributed by atoms with Gasteiger partial charge in [0.25, 0.3) is 5.91 Å². The van der Waals surface area contributed by atoms with Gasteiger partial charge in [0.15, 0.2) is 0 Å². The molecule has 1 saturated heterocycles. The highest BCUT2D eigenvalue weighted by Crippen LogP contribution is 2.23. The third-order valence-electron chi connectivity index (χ3n) is 4.96. The summed E-state index contributed by atoms with van der Waals surface area (Å²) in [6.45, 7) is 5.72. The summed E-state index contributed by atoms with van der Waals surface area (Å²) in [5.74, 6) is -1.25. The van der Waals surface area contributed by atoms with Crippen molar-refractivity contribution in [1.82, 2.24) is 14.3 Å². The van der Waals surface area contributed by atoms with E-state index in [1.807, 2.05) is 41.5 Å². The fraction of sp³-hybridized carbons (Fsp3) is 0.300. The van der Waals surface area contributed by atoms with Crippen molar-refractivity contribution in [3.8, 4) is 0 Å². The van der Waals surface area contributed by atoms with Crippen LogP contribution in [0.1, 0.15) is 21.7 Å². The van der Waals surface area contributed by atoms with E-state index in [2.05, 4.69) is 4.98 Å². The lowest BCUT2D eigenvalue weighted by molar-refractivity contribution is 0.0739. The van der Waals surface area contributed by atoms with Crippen LogP contribution in [0.5, 0.6) is 0 Å². The topological polar surface area (TPSA) is 40.9 Å². The van der Waals surface area contributed by atoms with E-state index in [9.17, 15) is 13.6 Å². The molecular weight excluding hydrogens is 350 g/mol. The van der Waals surface area contributed by atoms with Crippen molar-refractivity contribution in [2.75, 3.05) is 31.1 Å². The Balaban J connectivity index is 1.54. The second-order valence-electron chi connectivity index (χ2n) is 6.86. The van der Waals surface area contributed by atoms with Crippen molar-refractivity contribution in [2.24, 2.45) is 0 Å². The van der Waals surface area contributed by atoms with Gasteiger partial charge in [0.05, 0.1) is 11.4 Å². The van der Waals surface area contributed by atoms with Crippen LogP contribution in [0.4, 0.5) is 14.5 Å². The summed E-state index contributed by atoms with van der Waals surface area (Å²) < 4.78 is 29.0. The van der Waals surface area contributed by atoms with E-state index in [0.29, 0.717) is 43.3 Å². The van der Waals surface area contributed by atoms with Gasteiger partial charge in [-0.1, -0.05) is 6.07 Å². The van der Waals surface area contributed by atoms with E-state index in [0.717, 1.165) is 17.3 Å². The van der Waals surface area contributed by atoms with Crippen molar-refractivity contribution < 1.29 is 13.6 Å². The molecule has 3 heterocycles. The number of anilines is 1. The molecule has 1 fully saturated rings. The first kappa shape index (κ1) is 17.5. The minimum atomic E-state index is -0.594. The number of hydrogen-bond acceptors (Lipinski definition) is 3. The predicted octanol–water partition coefficient (Wildman–Crippen LogP) is 3.19. The molecule has 0 radical (unpaired) electrons. The van der Waals surface area contributed by atoms with Gasteiger partial charge >= 0.3 is 0 Å². The molecule has 1 aliphatic rings. The van der Waals surface area contributed by atoms with Crippen molar-refractivity contribution in [2.45, 2.75) is 13.8 Å². The van der Waals surface area contributed by atoms with Crippen molar-refractivity contribution in [3.05, 3.63) is 65.1 Å². The molecule has 0 atom stereocenters. The Morgan fingerprint density at radius 1 is 1.04 bits per heavy atom. The zero-order chi connectivity index (χ0) is 19.1. The fourth-order valence-electron chi connectivity index (χ4n) is 3.56. The van der Waals surface area contributed by atoms with Crippen LogP contribution in [0.3, 0.4) is 0 Å². The molecule has 0 aliphatic carbocycles. The van der Waals surface area contributed by atoms with Crippen LogP contribution in [0.15, 0.2) is 36.5 Å². The van der Waals surface area contributed by atoms with Gasteiger partial charge in [-0.15, -0.1) is 0 Å². The number of fused-ring (bicyclic) bond motifs is 1. The van der Waals surface area contributed by atoms with Crippen molar-refractivity contribution in [3.63, 3.8) is 0 Å². The molecule has 4 rings (SSSR count). The lowest BCUT2D eigenvalue weighted by atomic mass is 10.2. The van der Waals surface area contributed by atoms with Crippen LogP contribution >= 0.6 is 0 Å². The molecule has 1 aromatic carbocycles. The molecular formula is C20H20F2N4O. The third kappa shape index (κ3) is 3.13. The number of amides is 1. The second-order valence-corrected chi connectivity index (χ2v) is 6.86. The minimum absolute atomic E-state index is 0.0789. The van der Waals surface area contributed by atoms with Crippen molar-refractivity contribution in [1.29, 1.82) is 0 Å². The first-order chi connectivity index (χ1) is 12.9. The summed E-state index contributed by atoms with van der Waals surface area (Å²) in [4.78, 5) is 21.2. The number of aryl methyl sites for hydroxylation is 2. The van der Waals surface area contributed by atoms with Gasteiger partial charge in [0, 0.05) is 38.4 Å². The van der Waals surface area contributed by atoms with E-state index in [-0.39, 0.29) is 5.91 Å². The first-order valence-corrected chi connectivity index (χ1v) is 8.88. The highest BCUT2D eigenvalue weighted by atomic mass is 19.1. The van der Waals surface area contributed by atoms with Gasteiger partial charge in [0.2, 0.25) is 0 Å². The van der Waals surface area contributed by atoms with Crippen LogP contribution in [-0.2, 0) is 0 Å². The predicted molar refractivity (Wildman–Crippen MR) is 99.1 cm³/mol.